The molecule has 6 heteroatoms. The van der Waals surface area contributed by atoms with Gasteiger partial charge in [0.05, 0.1) is 11.7 Å². The number of nitrogens with zero attached hydrogens (tertiary/aromatic N) is 3. The van der Waals surface area contributed by atoms with Gasteiger partial charge in [0.1, 0.15) is 16.9 Å². The van der Waals surface area contributed by atoms with Crippen LogP contribution in [-0.4, -0.2) is 20.8 Å². The van der Waals surface area contributed by atoms with E-state index >= 15 is 4.39 Å². The Labute approximate surface area is 286 Å². The molecule has 0 radical (unpaired) electrons. The molecular formula is C41H42FN3S2. The number of fused-ring (bicyclic) bond motifs is 2. The van der Waals surface area contributed by atoms with Crippen LogP contribution in [0, 0.1) is 5.82 Å². The monoisotopic (exact) mass is 659 g/mol. The minimum atomic E-state index is -0.248. The molecule has 1 aliphatic rings. The predicted octanol–water partition coefficient (Wildman–Crippen LogP) is 12.4. The minimum Gasteiger partial charge on any atom is -0.366 e. The summed E-state index contributed by atoms with van der Waals surface area (Å²) in [6.07, 6.45) is 5.90. The van der Waals surface area contributed by atoms with Crippen LogP contribution in [0.25, 0.3) is 54.2 Å². The van der Waals surface area contributed by atoms with Crippen LogP contribution >= 0.6 is 23.1 Å². The van der Waals surface area contributed by atoms with E-state index in [1.807, 2.05) is 18.2 Å². The summed E-state index contributed by atoms with van der Waals surface area (Å²) in [6.45, 7) is 12.5. The normalized spacial score (nSPS) is 15.7. The Morgan fingerprint density at radius 1 is 0.766 bits per heavy atom. The molecule has 0 bridgehead atoms. The van der Waals surface area contributed by atoms with Gasteiger partial charge in [0, 0.05) is 44.2 Å². The Bertz CT molecular complexity index is 2040. The number of aryl methyl sites for hydroxylation is 1. The molecule has 6 aromatic rings. The van der Waals surface area contributed by atoms with E-state index in [2.05, 4.69) is 105 Å². The molecule has 0 N–H and O–H groups in total. The standard InChI is InChI=1S/C41H42FN3S2/c1-6-8-9-10-27-11-13-28(14-12-27)29-15-17-31(35(42)24-29)32-18-19-33(40-39(32)43-47-44-40)38-22-21-37(46-38)30-16-20-36-34(23-30)26(3)25-41(4,5)45(36)7-2/h11-24,26H,6-10,25H2,1-5H3. The fourth-order valence-corrected chi connectivity index (χ4v) is 9.12. The van der Waals surface area contributed by atoms with Gasteiger partial charge in [0.25, 0.3) is 0 Å². The lowest BCUT2D eigenvalue weighted by Crippen LogP contribution is -2.48. The number of aromatic nitrogens is 2. The summed E-state index contributed by atoms with van der Waals surface area (Å²) in [5, 5.41) is 0. The quantitative estimate of drug-likeness (QED) is 0.145. The highest BCUT2D eigenvalue weighted by Gasteiger charge is 2.35. The number of benzene rings is 4. The first-order chi connectivity index (χ1) is 22.8. The van der Waals surface area contributed by atoms with Crippen LogP contribution in [0.5, 0.6) is 0 Å². The van der Waals surface area contributed by atoms with Crippen molar-refractivity contribution in [1.82, 2.24) is 8.75 Å². The number of anilines is 1. The summed E-state index contributed by atoms with van der Waals surface area (Å²) in [6, 6.07) is 29.5. The maximum absolute atomic E-state index is 15.7. The van der Waals surface area contributed by atoms with Crippen LogP contribution in [0.3, 0.4) is 0 Å². The second-order valence-electron chi connectivity index (χ2n) is 13.6. The van der Waals surface area contributed by atoms with Gasteiger partial charge in [-0.2, -0.15) is 8.75 Å². The third kappa shape index (κ3) is 6.02. The summed E-state index contributed by atoms with van der Waals surface area (Å²) in [5.41, 5.74) is 11.4. The van der Waals surface area contributed by atoms with Crippen molar-refractivity contribution in [3.8, 4) is 43.1 Å². The van der Waals surface area contributed by atoms with Crippen molar-refractivity contribution in [2.45, 2.75) is 78.2 Å². The first-order valence-electron chi connectivity index (χ1n) is 16.9. The van der Waals surface area contributed by atoms with Gasteiger partial charge in [-0.15, -0.1) is 11.3 Å². The molecule has 1 atom stereocenters. The maximum Gasteiger partial charge on any atom is 0.131 e. The Morgan fingerprint density at radius 2 is 1.45 bits per heavy atom. The summed E-state index contributed by atoms with van der Waals surface area (Å²) < 4.78 is 25.1. The van der Waals surface area contributed by atoms with E-state index in [1.165, 1.54) is 58.2 Å². The van der Waals surface area contributed by atoms with Gasteiger partial charge >= 0.3 is 0 Å². The highest BCUT2D eigenvalue weighted by molar-refractivity contribution is 7.19. The Kier molecular flexibility index (Phi) is 8.75. The number of rotatable bonds is 9. The molecule has 1 unspecified atom stereocenters. The van der Waals surface area contributed by atoms with Crippen molar-refractivity contribution >= 4 is 39.8 Å². The van der Waals surface area contributed by atoms with Gasteiger partial charge < -0.3 is 4.90 Å². The first kappa shape index (κ1) is 31.7. The van der Waals surface area contributed by atoms with Gasteiger partial charge in [-0.3, -0.25) is 0 Å². The molecule has 3 nitrogen and oxygen atoms in total. The molecular weight excluding hydrogens is 618 g/mol. The van der Waals surface area contributed by atoms with Crippen LogP contribution in [-0.2, 0) is 6.42 Å². The van der Waals surface area contributed by atoms with Crippen molar-refractivity contribution in [2.75, 3.05) is 11.4 Å². The third-order valence-corrected chi connectivity index (χ3v) is 11.6. The number of hydrogen-bond donors (Lipinski definition) is 0. The zero-order chi connectivity index (χ0) is 32.7. The number of unbranched alkanes of at least 4 members (excludes halogenated alkanes) is 2. The summed E-state index contributed by atoms with van der Waals surface area (Å²) in [5.74, 6) is 0.257. The van der Waals surface area contributed by atoms with Crippen LogP contribution in [0.4, 0.5) is 10.1 Å². The number of hydrogen-bond acceptors (Lipinski definition) is 5. The molecule has 0 saturated carbocycles. The molecule has 47 heavy (non-hydrogen) atoms. The molecule has 0 fully saturated rings. The van der Waals surface area contributed by atoms with E-state index in [0.717, 1.165) is 57.6 Å². The van der Waals surface area contributed by atoms with Gasteiger partial charge in [0.2, 0.25) is 0 Å². The first-order valence-corrected chi connectivity index (χ1v) is 18.5. The smallest absolute Gasteiger partial charge is 0.131 e. The summed E-state index contributed by atoms with van der Waals surface area (Å²) in [7, 11) is 0. The average Bonchev–Trinajstić information content (AvgIpc) is 3.76. The predicted molar refractivity (Wildman–Crippen MR) is 200 cm³/mol. The Balaban J connectivity index is 1.16. The minimum absolute atomic E-state index is 0.155. The van der Waals surface area contributed by atoms with Crippen LogP contribution in [0.1, 0.15) is 77.3 Å². The fourth-order valence-electron chi connectivity index (χ4n) is 7.52. The van der Waals surface area contributed by atoms with Gasteiger partial charge in [0.15, 0.2) is 0 Å². The molecule has 4 aromatic carbocycles. The van der Waals surface area contributed by atoms with Gasteiger partial charge in [-0.05, 0) is 104 Å². The molecule has 0 aliphatic carbocycles. The summed E-state index contributed by atoms with van der Waals surface area (Å²) >= 11 is 2.96. The lowest BCUT2D eigenvalue weighted by atomic mass is 9.79. The van der Waals surface area contributed by atoms with E-state index in [1.54, 1.807) is 17.4 Å². The summed E-state index contributed by atoms with van der Waals surface area (Å²) in [4.78, 5) is 4.92. The molecule has 0 spiro atoms. The highest BCUT2D eigenvalue weighted by atomic mass is 32.1. The van der Waals surface area contributed by atoms with E-state index in [-0.39, 0.29) is 11.4 Å². The zero-order valence-corrected chi connectivity index (χ0v) is 29.6. The lowest BCUT2D eigenvalue weighted by Gasteiger charge is -2.47. The molecule has 3 heterocycles. The third-order valence-electron chi connectivity index (χ3n) is 9.89. The maximum atomic E-state index is 15.7. The van der Waals surface area contributed by atoms with E-state index in [4.69, 9.17) is 4.37 Å². The molecule has 1 aliphatic heterocycles. The van der Waals surface area contributed by atoms with Crippen LogP contribution < -0.4 is 4.90 Å². The van der Waals surface area contributed by atoms with Crippen molar-refractivity contribution < 1.29 is 4.39 Å². The SMILES string of the molecule is CCCCCc1ccc(-c2ccc(-c3ccc(-c4ccc(-c5ccc6c(c5)C(C)CC(C)(C)N6CC)s4)c4nsnc34)c(F)c2)cc1. The lowest BCUT2D eigenvalue weighted by molar-refractivity contribution is 0.381. The van der Waals surface area contributed by atoms with Crippen molar-refractivity contribution in [3.63, 3.8) is 0 Å². The average molecular weight is 660 g/mol. The van der Waals surface area contributed by atoms with Gasteiger partial charge in [-0.1, -0.05) is 81.3 Å². The number of halogens is 1. The largest absolute Gasteiger partial charge is 0.366 e. The second-order valence-corrected chi connectivity index (χ2v) is 15.2. The van der Waals surface area contributed by atoms with Crippen molar-refractivity contribution in [1.29, 1.82) is 0 Å². The van der Waals surface area contributed by atoms with Gasteiger partial charge in [-0.25, -0.2) is 4.39 Å². The molecule has 240 valence electrons. The van der Waals surface area contributed by atoms with E-state index in [9.17, 15) is 0 Å². The van der Waals surface area contributed by atoms with Crippen LogP contribution in [0.15, 0.2) is 84.9 Å². The molecule has 2 aromatic heterocycles. The molecule has 7 rings (SSSR count). The van der Waals surface area contributed by atoms with Crippen molar-refractivity contribution in [2.24, 2.45) is 0 Å². The fraction of sp³-hybridized carbons (Fsp3) is 0.317. The molecule has 0 amide bonds. The van der Waals surface area contributed by atoms with Crippen molar-refractivity contribution in [3.05, 3.63) is 102 Å². The Hall–Kier alpha value is -3.87. The molecule has 0 saturated heterocycles. The van der Waals surface area contributed by atoms with Crippen LogP contribution in [0.2, 0.25) is 0 Å². The highest BCUT2D eigenvalue weighted by Crippen LogP contribution is 2.46. The second kappa shape index (κ2) is 13.0. The Morgan fingerprint density at radius 3 is 2.19 bits per heavy atom. The topological polar surface area (TPSA) is 29.0 Å². The van der Waals surface area contributed by atoms with E-state index < -0.39 is 0 Å². The number of thiophene rings is 1. The van der Waals surface area contributed by atoms with E-state index in [0.29, 0.717) is 11.5 Å². The zero-order valence-electron chi connectivity index (χ0n) is 27.9.